The zero-order chi connectivity index (χ0) is 31.8. The number of aromatic nitrogens is 3. The molecule has 0 aliphatic carbocycles. The van der Waals surface area contributed by atoms with Gasteiger partial charge in [0.05, 0.1) is 29.1 Å². The smallest absolute Gasteiger partial charge is 0.366 e. The lowest BCUT2D eigenvalue weighted by Crippen LogP contribution is -2.34. The molecular formula is C30H23F6N5O3. The van der Waals surface area contributed by atoms with Gasteiger partial charge in [-0.25, -0.2) is 13.2 Å². The van der Waals surface area contributed by atoms with Gasteiger partial charge in [-0.1, -0.05) is 12.1 Å². The molecular weight excluding hydrogens is 592 g/mol. The van der Waals surface area contributed by atoms with Crippen molar-refractivity contribution < 1.29 is 40.7 Å². The first-order chi connectivity index (χ1) is 20.8. The number of ketones is 1. The van der Waals surface area contributed by atoms with Gasteiger partial charge >= 0.3 is 6.18 Å². The number of pyridine rings is 1. The van der Waals surface area contributed by atoms with E-state index in [2.05, 4.69) is 15.4 Å². The normalized spacial score (nSPS) is 13.7. The number of nitrogens with one attached hydrogen (secondary N) is 1. The Balaban J connectivity index is 1.54. The van der Waals surface area contributed by atoms with Crippen molar-refractivity contribution in [1.82, 2.24) is 20.1 Å². The van der Waals surface area contributed by atoms with E-state index >= 15 is 0 Å². The van der Waals surface area contributed by atoms with Gasteiger partial charge in [0.1, 0.15) is 17.5 Å². The molecule has 2 amide bonds. The van der Waals surface area contributed by atoms with Crippen LogP contribution >= 0.6 is 0 Å². The van der Waals surface area contributed by atoms with Crippen LogP contribution in [0.2, 0.25) is 0 Å². The first-order valence-electron chi connectivity index (χ1n) is 13.3. The molecule has 0 unspecified atom stereocenters. The van der Waals surface area contributed by atoms with Crippen LogP contribution in [0, 0.1) is 17.5 Å². The van der Waals surface area contributed by atoms with Gasteiger partial charge in [0.15, 0.2) is 11.5 Å². The van der Waals surface area contributed by atoms with Crippen molar-refractivity contribution >= 4 is 17.6 Å². The molecule has 2 aromatic carbocycles. The predicted molar refractivity (Wildman–Crippen MR) is 144 cm³/mol. The zero-order valence-electron chi connectivity index (χ0n) is 22.7. The molecule has 0 fully saturated rings. The van der Waals surface area contributed by atoms with Crippen molar-refractivity contribution in [2.45, 2.75) is 37.9 Å². The number of primary amides is 1. The molecule has 44 heavy (non-hydrogen) atoms. The van der Waals surface area contributed by atoms with E-state index in [9.17, 15) is 40.7 Å². The van der Waals surface area contributed by atoms with Gasteiger partial charge in [-0.3, -0.25) is 24.0 Å². The van der Waals surface area contributed by atoms with Crippen molar-refractivity contribution in [2.24, 2.45) is 5.73 Å². The van der Waals surface area contributed by atoms with Gasteiger partial charge in [0.2, 0.25) is 0 Å². The Kier molecular flexibility index (Phi) is 8.26. The van der Waals surface area contributed by atoms with E-state index in [0.29, 0.717) is 17.2 Å². The number of nitrogens with two attached hydrogens (primary N) is 1. The quantitative estimate of drug-likeness (QED) is 0.264. The van der Waals surface area contributed by atoms with Crippen LogP contribution in [-0.4, -0.2) is 38.9 Å². The molecule has 14 heteroatoms. The zero-order valence-corrected chi connectivity index (χ0v) is 22.7. The number of alkyl halides is 3. The SMILES string of the molecule is NC(=O)c1cc(-c2cccnc2[C@@H](CC(=O)Cn2nc(C(F)(F)F)c3c2CCNC3=O)Cc2cc(F)cc(F)c2)ccc1F. The van der Waals surface area contributed by atoms with Crippen molar-refractivity contribution in [3.63, 3.8) is 0 Å². The molecule has 1 aliphatic heterocycles. The molecule has 0 bridgehead atoms. The lowest BCUT2D eigenvalue weighted by atomic mass is 9.86. The summed E-state index contributed by atoms with van der Waals surface area (Å²) < 4.78 is 84.3. The van der Waals surface area contributed by atoms with Gasteiger partial charge in [-0.15, -0.1) is 0 Å². The van der Waals surface area contributed by atoms with Crippen LogP contribution in [-0.2, 0) is 30.4 Å². The standard InChI is InChI=1S/C30H23F6N5O3/c31-18-9-15(10-19(32)13-18)8-17(26-21(2-1-6-38-26)16-3-4-23(33)22(12-16)28(37)43)11-20(42)14-41-24-5-7-39-29(44)25(24)27(40-41)30(34,35)36/h1-4,6,9-10,12-13,17H,5,7-8,11,14H2,(H2,37,43)(H,39,44)/t17-/m1/s1. The third-order valence-corrected chi connectivity index (χ3v) is 7.17. The third kappa shape index (κ3) is 6.33. The number of hydrogen-bond donors (Lipinski definition) is 2. The van der Waals surface area contributed by atoms with Crippen molar-refractivity contribution in [3.05, 3.63) is 106 Å². The Morgan fingerprint density at radius 1 is 1.05 bits per heavy atom. The lowest BCUT2D eigenvalue weighted by molar-refractivity contribution is -0.142. The molecule has 0 spiro atoms. The second-order valence-electron chi connectivity index (χ2n) is 10.2. The number of carbonyl (C=O) groups excluding carboxylic acids is 3. The van der Waals surface area contributed by atoms with E-state index < -0.39 is 70.5 Å². The van der Waals surface area contributed by atoms with Gasteiger partial charge < -0.3 is 11.1 Å². The Hall–Kier alpha value is -5.01. The maximum atomic E-state index is 14.2. The van der Waals surface area contributed by atoms with Crippen molar-refractivity contribution in [1.29, 1.82) is 0 Å². The summed E-state index contributed by atoms with van der Waals surface area (Å²) in [5.41, 5.74) is 3.90. The number of Topliss-reactive ketones (excluding diaryl/α,β-unsaturated/α-hetero) is 1. The fourth-order valence-corrected chi connectivity index (χ4v) is 5.36. The van der Waals surface area contributed by atoms with Crippen LogP contribution in [0.25, 0.3) is 11.1 Å². The topological polar surface area (TPSA) is 120 Å². The summed E-state index contributed by atoms with van der Waals surface area (Å²) in [6.07, 6.45) is -4.02. The average Bonchev–Trinajstić information content (AvgIpc) is 3.32. The minimum atomic E-state index is -4.95. The molecule has 1 aliphatic rings. The van der Waals surface area contributed by atoms with Crippen LogP contribution < -0.4 is 11.1 Å². The number of hydrogen-bond acceptors (Lipinski definition) is 5. The Morgan fingerprint density at radius 2 is 1.77 bits per heavy atom. The summed E-state index contributed by atoms with van der Waals surface area (Å²) in [5.74, 6) is -6.05. The van der Waals surface area contributed by atoms with Crippen LogP contribution in [0.15, 0.2) is 54.7 Å². The number of benzene rings is 2. The molecule has 0 radical (unpaired) electrons. The second kappa shape index (κ2) is 11.9. The molecule has 2 aromatic heterocycles. The first-order valence-corrected chi connectivity index (χ1v) is 13.3. The Labute approximate surface area is 245 Å². The lowest BCUT2D eigenvalue weighted by Gasteiger charge is -2.20. The van der Waals surface area contributed by atoms with Crippen LogP contribution in [0.4, 0.5) is 26.3 Å². The Bertz CT molecular complexity index is 1770. The molecule has 0 saturated heterocycles. The highest BCUT2D eigenvalue weighted by atomic mass is 19.4. The number of halogens is 6. The summed E-state index contributed by atoms with van der Waals surface area (Å²) in [6.45, 7) is -0.566. The molecule has 3 heterocycles. The van der Waals surface area contributed by atoms with E-state index in [4.69, 9.17) is 5.73 Å². The first kappa shape index (κ1) is 30.4. The van der Waals surface area contributed by atoms with E-state index in [1.54, 1.807) is 12.1 Å². The highest BCUT2D eigenvalue weighted by Gasteiger charge is 2.42. The minimum absolute atomic E-state index is 0.0145. The third-order valence-electron chi connectivity index (χ3n) is 7.17. The molecule has 0 saturated carbocycles. The van der Waals surface area contributed by atoms with E-state index in [-0.39, 0.29) is 42.8 Å². The number of carbonyl (C=O) groups is 3. The van der Waals surface area contributed by atoms with E-state index in [1.807, 2.05) is 0 Å². The minimum Gasteiger partial charge on any atom is -0.366 e. The van der Waals surface area contributed by atoms with Crippen LogP contribution in [0.1, 0.15) is 55.7 Å². The van der Waals surface area contributed by atoms with Crippen molar-refractivity contribution in [2.75, 3.05) is 6.54 Å². The van der Waals surface area contributed by atoms with Crippen LogP contribution in [0.5, 0.6) is 0 Å². The summed E-state index contributed by atoms with van der Waals surface area (Å²) in [5, 5.41) is 5.90. The van der Waals surface area contributed by atoms with Crippen LogP contribution in [0.3, 0.4) is 0 Å². The number of rotatable bonds is 9. The second-order valence-corrected chi connectivity index (χ2v) is 10.2. The highest BCUT2D eigenvalue weighted by molar-refractivity contribution is 5.98. The highest BCUT2D eigenvalue weighted by Crippen LogP contribution is 2.35. The van der Waals surface area contributed by atoms with E-state index in [0.717, 1.165) is 22.9 Å². The number of fused-ring (bicyclic) bond motifs is 1. The average molecular weight is 616 g/mol. The predicted octanol–water partition coefficient (Wildman–Crippen LogP) is 4.75. The Morgan fingerprint density at radius 3 is 2.45 bits per heavy atom. The maximum absolute atomic E-state index is 14.2. The monoisotopic (exact) mass is 615 g/mol. The summed E-state index contributed by atoms with van der Waals surface area (Å²) in [6, 6.07) is 9.56. The molecule has 8 nitrogen and oxygen atoms in total. The summed E-state index contributed by atoms with van der Waals surface area (Å²) in [4.78, 5) is 41.9. The number of amides is 2. The van der Waals surface area contributed by atoms with Gasteiger partial charge in [-0.05, 0) is 47.9 Å². The molecule has 228 valence electrons. The number of nitrogens with zero attached hydrogens (tertiary/aromatic N) is 3. The summed E-state index contributed by atoms with van der Waals surface area (Å²) in [7, 11) is 0. The molecule has 1 atom stereocenters. The van der Waals surface area contributed by atoms with Crippen molar-refractivity contribution in [3.8, 4) is 11.1 Å². The summed E-state index contributed by atoms with van der Waals surface area (Å²) >= 11 is 0. The van der Waals surface area contributed by atoms with Gasteiger partial charge in [0, 0.05) is 43.1 Å². The van der Waals surface area contributed by atoms with Gasteiger partial charge in [0.25, 0.3) is 11.8 Å². The maximum Gasteiger partial charge on any atom is 0.435 e. The molecule has 3 N–H and O–H groups in total. The molecule has 5 rings (SSSR count). The fraction of sp³-hybridized carbons (Fsp3) is 0.233. The largest absolute Gasteiger partial charge is 0.435 e. The van der Waals surface area contributed by atoms with Gasteiger partial charge in [-0.2, -0.15) is 18.3 Å². The van der Waals surface area contributed by atoms with E-state index in [1.165, 1.54) is 18.3 Å². The molecule has 4 aromatic rings. The fourth-order valence-electron chi connectivity index (χ4n) is 5.36.